The molecule has 5 nitrogen and oxygen atoms in total. The Labute approximate surface area is 119 Å². The molecule has 0 saturated carbocycles. The first-order valence-electron chi connectivity index (χ1n) is 6.31. The van der Waals surface area contributed by atoms with Crippen LogP contribution in [0.15, 0.2) is 24.5 Å². The number of nitrogen functional groups attached to an aromatic ring is 1. The van der Waals surface area contributed by atoms with E-state index >= 15 is 0 Å². The van der Waals surface area contributed by atoms with E-state index in [1.54, 1.807) is 12.4 Å². The van der Waals surface area contributed by atoms with Crippen molar-refractivity contribution in [2.75, 3.05) is 11.1 Å². The first-order valence-corrected chi connectivity index (χ1v) is 6.31. The second-order valence-corrected chi connectivity index (χ2v) is 4.33. The number of halogens is 3. The van der Waals surface area contributed by atoms with Crippen molar-refractivity contribution in [3.63, 3.8) is 0 Å². The van der Waals surface area contributed by atoms with Crippen molar-refractivity contribution >= 4 is 11.4 Å². The molecule has 1 atom stereocenters. The SMILES string of the molecule is CCC(Nc1cc(OC(F)F)c(F)cc1N)c1ncc[nH]1. The van der Waals surface area contributed by atoms with Crippen LogP contribution in [-0.2, 0) is 0 Å². The Bertz CT molecular complexity index is 589. The number of benzene rings is 1. The second kappa shape index (κ2) is 6.38. The molecule has 8 heteroatoms. The van der Waals surface area contributed by atoms with Gasteiger partial charge in [-0.15, -0.1) is 0 Å². The number of nitrogens with zero attached hydrogens (tertiary/aromatic N) is 1. The number of imidazole rings is 1. The van der Waals surface area contributed by atoms with E-state index in [-0.39, 0.29) is 11.7 Å². The van der Waals surface area contributed by atoms with Gasteiger partial charge < -0.3 is 20.8 Å². The molecule has 0 radical (unpaired) electrons. The lowest BCUT2D eigenvalue weighted by Gasteiger charge is -2.18. The third kappa shape index (κ3) is 3.59. The smallest absolute Gasteiger partial charge is 0.387 e. The Morgan fingerprint density at radius 3 is 2.76 bits per heavy atom. The van der Waals surface area contributed by atoms with E-state index in [4.69, 9.17) is 5.73 Å². The number of alkyl halides is 2. The molecule has 0 aliphatic carbocycles. The van der Waals surface area contributed by atoms with Crippen molar-refractivity contribution < 1.29 is 17.9 Å². The number of hydrogen-bond acceptors (Lipinski definition) is 4. The van der Waals surface area contributed by atoms with Gasteiger partial charge in [0.25, 0.3) is 0 Å². The lowest BCUT2D eigenvalue weighted by atomic mass is 10.1. The Kier molecular flexibility index (Phi) is 4.56. The van der Waals surface area contributed by atoms with Gasteiger partial charge in [-0.1, -0.05) is 6.92 Å². The van der Waals surface area contributed by atoms with Crippen molar-refractivity contribution in [2.24, 2.45) is 0 Å². The molecule has 2 rings (SSSR count). The molecule has 0 bridgehead atoms. The van der Waals surface area contributed by atoms with Crippen LogP contribution in [0.3, 0.4) is 0 Å². The number of aromatic nitrogens is 2. The molecular formula is C13H15F3N4O. The summed E-state index contributed by atoms with van der Waals surface area (Å²) in [7, 11) is 0. The lowest BCUT2D eigenvalue weighted by Crippen LogP contribution is -2.13. The van der Waals surface area contributed by atoms with E-state index in [1.165, 1.54) is 0 Å². The summed E-state index contributed by atoms with van der Waals surface area (Å²) in [5, 5.41) is 3.03. The molecule has 0 fully saturated rings. The lowest BCUT2D eigenvalue weighted by molar-refractivity contribution is -0.0521. The van der Waals surface area contributed by atoms with Crippen molar-refractivity contribution in [3.05, 3.63) is 36.2 Å². The van der Waals surface area contributed by atoms with E-state index in [0.717, 1.165) is 12.1 Å². The third-order valence-electron chi connectivity index (χ3n) is 2.91. The maximum Gasteiger partial charge on any atom is 0.387 e. The maximum atomic E-state index is 13.5. The Morgan fingerprint density at radius 1 is 1.43 bits per heavy atom. The summed E-state index contributed by atoms with van der Waals surface area (Å²) >= 11 is 0. The zero-order valence-electron chi connectivity index (χ0n) is 11.2. The van der Waals surface area contributed by atoms with Crippen molar-refractivity contribution in [2.45, 2.75) is 26.0 Å². The maximum absolute atomic E-state index is 13.5. The normalized spacial score (nSPS) is 12.4. The molecule has 114 valence electrons. The first-order chi connectivity index (χ1) is 10.0. The predicted octanol–water partition coefficient (Wildman–Crippen LogP) is 3.30. The standard InChI is InChI=1S/C13H15F3N4O/c1-2-9(12-18-3-4-19-12)20-10-6-11(21-13(15)16)7(14)5-8(10)17/h3-6,9,13,20H,2,17H2,1H3,(H,18,19). The van der Waals surface area contributed by atoms with Crippen LogP contribution in [0, 0.1) is 5.82 Å². The highest BCUT2D eigenvalue weighted by Crippen LogP contribution is 2.32. The fourth-order valence-corrected chi connectivity index (χ4v) is 1.90. The van der Waals surface area contributed by atoms with E-state index in [0.29, 0.717) is 17.9 Å². The summed E-state index contributed by atoms with van der Waals surface area (Å²) in [6.07, 6.45) is 3.92. The van der Waals surface area contributed by atoms with Gasteiger partial charge in [-0.3, -0.25) is 0 Å². The Balaban J connectivity index is 2.26. The second-order valence-electron chi connectivity index (χ2n) is 4.33. The molecule has 1 aromatic carbocycles. The number of rotatable bonds is 6. The van der Waals surface area contributed by atoms with E-state index in [2.05, 4.69) is 20.0 Å². The zero-order valence-corrected chi connectivity index (χ0v) is 11.2. The highest BCUT2D eigenvalue weighted by Gasteiger charge is 2.17. The molecule has 0 aliphatic rings. The summed E-state index contributed by atoms with van der Waals surface area (Å²) in [6, 6.07) is 1.84. The number of ether oxygens (including phenoxy) is 1. The Morgan fingerprint density at radius 2 is 2.19 bits per heavy atom. The zero-order chi connectivity index (χ0) is 15.4. The highest BCUT2D eigenvalue weighted by molar-refractivity contribution is 5.69. The van der Waals surface area contributed by atoms with Crippen molar-refractivity contribution in [1.82, 2.24) is 9.97 Å². The largest absolute Gasteiger partial charge is 0.432 e. The number of nitrogens with one attached hydrogen (secondary N) is 2. The van der Waals surface area contributed by atoms with Crippen LogP contribution in [0.5, 0.6) is 5.75 Å². The molecule has 1 heterocycles. The fourth-order valence-electron chi connectivity index (χ4n) is 1.90. The number of H-pyrrole nitrogens is 1. The number of anilines is 2. The van der Waals surface area contributed by atoms with Crippen molar-refractivity contribution in [1.29, 1.82) is 0 Å². The molecule has 0 amide bonds. The molecule has 0 aliphatic heterocycles. The van der Waals surface area contributed by atoms with Gasteiger partial charge in [-0.05, 0) is 6.42 Å². The minimum Gasteiger partial charge on any atom is -0.432 e. The fraction of sp³-hybridized carbons (Fsp3) is 0.308. The van der Waals surface area contributed by atoms with Gasteiger partial charge in [-0.25, -0.2) is 9.37 Å². The summed E-state index contributed by atoms with van der Waals surface area (Å²) in [4.78, 5) is 7.06. The van der Waals surface area contributed by atoms with Crippen LogP contribution >= 0.6 is 0 Å². The Hall–Kier alpha value is -2.38. The molecular weight excluding hydrogens is 285 g/mol. The predicted molar refractivity (Wildman–Crippen MR) is 72.7 cm³/mol. The van der Waals surface area contributed by atoms with Gasteiger partial charge in [-0.2, -0.15) is 8.78 Å². The summed E-state index contributed by atoms with van der Waals surface area (Å²) in [6.45, 7) is -1.20. The quantitative estimate of drug-likeness (QED) is 0.715. The molecule has 1 aromatic heterocycles. The average Bonchev–Trinajstić information content (AvgIpc) is 2.94. The van der Waals surface area contributed by atoms with Crippen LogP contribution in [0.25, 0.3) is 0 Å². The van der Waals surface area contributed by atoms with Crippen LogP contribution in [-0.4, -0.2) is 16.6 Å². The number of nitrogens with two attached hydrogens (primary N) is 1. The third-order valence-corrected chi connectivity index (χ3v) is 2.91. The molecule has 1 unspecified atom stereocenters. The van der Waals surface area contributed by atoms with Gasteiger partial charge in [0.15, 0.2) is 11.6 Å². The summed E-state index contributed by atoms with van der Waals surface area (Å²) < 4.78 is 42.1. The van der Waals surface area contributed by atoms with Gasteiger partial charge in [0.2, 0.25) is 0 Å². The topological polar surface area (TPSA) is 76.0 Å². The van der Waals surface area contributed by atoms with Crippen LogP contribution in [0.2, 0.25) is 0 Å². The van der Waals surface area contributed by atoms with Gasteiger partial charge in [0, 0.05) is 24.5 Å². The summed E-state index contributed by atoms with van der Waals surface area (Å²) in [5.74, 6) is -0.835. The van der Waals surface area contributed by atoms with Crippen molar-refractivity contribution in [3.8, 4) is 5.75 Å². The molecule has 21 heavy (non-hydrogen) atoms. The number of hydrogen-bond donors (Lipinski definition) is 3. The van der Waals surface area contributed by atoms with Crippen LogP contribution in [0.1, 0.15) is 25.2 Å². The average molecular weight is 300 g/mol. The molecule has 2 aromatic rings. The summed E-state index contributed by atoms with van der Waals surface area (Å²) in [5.41, 5.74) is 6.10. The first kappa shape index (κ1) is 15.0. The molecule has 4 N–H and O–H groups in total. The van der Waals surface area contributed by atoms with E-state index in [9.17, 15) is 13.2 Å². The van der Waals surface area contributed by atoms with Gasteiger partial charge in [0.05, 0.1) is 17.4 Å². The molecule has 0 saturated heterocycles. The van der Waals surface area contributed by atoms with Crippen LogP contribution < -0.4 is 15.8 Å². The minimum absolute atomic E-state index is 0.0964. The monoisotopic (exact) mass is 300 g/mol. The van der Waals surface area contributed by atoms with Gasteiger partial charge in [0.1, 0.15) is 5.82 Å². The molecule has 0 spiro atoms. The van der Waals surface area contributed by atoms with Gasteiger partial charge >= 0.3 is 6.61 Å². The highest BCUT2D eigenvalue weighted by atomic mass is 19.3. The van der Waals surface area contributed by atoms with E-state index < -0.39 is 18.2 Å². The number of aromatic amines is 1. The van der Waals surface area contributed by atoms with E-state index in [1.807, 2.05) is 6.92 Å². The minimum atomic E-state index is -3.11. The van der Waals surface area contributed by atoms with Crippen LogP contribution in [0.4, 0.5) is 24.5 Å².